The Balaban J connectivity index is 1.61. The van der Waals surface area contributed by atoms with Crippen LogP contribution in [0.3, 0.4) is 0 Å². The van der Waals surface area contributed by atoms with Crippen LogP contribution in [0.25, 0.3) is 0 Å². The van der Waals surface area contributed by atoms with E-state index in [1.807, 2.05) is 48.9 Å². The molecule has 1 aromatic carbocycles. The van der Waals surface area contributed by atoms with Gasteiger partial charge in [-0.1, -0.05) is 17.8 Å². The second-order valence-electron chi connectivity index (χ2n) is 5.99. The third kappa shape index (κ3) is 5.70. The highest BCUT2D eigenvalue weighted by Crippen LogP contribution is 2.29. The van der Waals surface area contributed by atoms with Crippen LogP contribution in [0.1, 0.15) is 25.2 Å². The number of hydrogen-bond donors (Lipinski definition) is 1. The smallest absolute Gasteiger partial charge is 0.236 e. The molecule has 3 rings (SSSR count). The number of carbonyl (C=O) groups excluding carboxylic acids is 1. The van der Waals surface area contributed by atoms with E-state index >= 15 is 0 Å². The molecule has 0 atom stereocenters. The van der Waals surface area contributed by atoms with Crippen molar-refractivity contribution in [3.63, 3.8) is 0 Å². The number of thioether (sulfide) groups is 1. The molecule has 8 nitrogen and oxygen atoms in total. The molecule has 0 fully saturated rings. The van der Waals surface area contributed by atoms with Crippen LogP contribution in [-0.4, -0.2) is 38.0 Å². The minimum absolute atomic E-state index is 0.130. The summed E-state index contributed by atoms with van der Waals surface area (Å²) < 4.78 is 13.5. The lowest BCUT2D eigenvalue weighted by atomic mass is 10.2. The number of thiazole rings is 1. The Morgan fingerprint density at radius 1 is 1.24 bits per heavy atom. The lowest BCUT2D eigenvalue weighted by Gasteiger charge is -2.13. The SMILES string of the molecule is CCOc1cc(C)ccc1OCc1nnc(SCC(=O)Nc2nccs2)n1CC. The summed E-state index contributed by atoms with van der Waals surface area (Å²) in [6, 6.07) is 5.82. The van der Waals surface area contributed by atoms with Gasteiger partial charge in [-0.15, -0.1) is 21.5 Å². The molecule has 0 unspecified atom stereocenters. The molecule has 0 radical (unpaired) electrons. The first kappa shape index (κ1) is 21.1. The largest absolute Gasteiger partial charge is 0.490 e. The number of aromatic nitrogens is 4. The lowest BCUT2D eigenvalue weighted by Crippen LogP contribution is -2.14. The van der Waals surface area contributed by atoms with Gasteiger partial charge in [-0.2, -0.15) is 0 Å². The molecule has 0 spiro atoms. The number of ether oxygens (including phenoxy) is 2. The van der Waals surface area contributed by atoms with E-state index in [9.17, 15) is 4.79 Å². The number of nitrogens with zero attached hydrogens (tertiary/aromatic N) is 4. The molecule has 29 heavy (non-hydrogen) atoms. The van der Waals surface area contributed by atoms with Crippen LogP contribution in [0, 0.1) is 6.92 Å². The van der Waals surface area contributed by atoms with E-state index in [1.165, 1.54) is 23.1 Å². The average Bonchev–Trinajstić information content (AvgIpc) is 3.35. The molecular formula is C19H23N5O3S2. The van der Waals surface area contributed by atoms with Gasteiger partial charge in [0.2, 0.25) is 5.91 Å². The highest BCUT2D eigenvalue weighted by molar-refractivity contribution is 7.99. The van der Waals surface area contributed by atoms with E-state index in [1.54, 1.807) is 6.20 Å². The number of aryl methyl sites for hydroxylation is 1. The first-order chi connectivity index (χ1) is 14.1. The molecule has 0 aliphatic carbocycles. The fourth-order valence-corrected chi connectivity index (χ4v) is 3.93. The topological polar surface area (TPSA) is 91.2 Å². The van der Waals surface area contributed by atoms with Crippen molar-refractivity contribution >= 4 is 34.1 Å². The Morgan fingerprint density at radius 3 is 2.83 bits per heavy atom. The van der Waals surface area contributed by atoms with Gasteiger partial charge in [-0.25, -0.2) is 4.98 Å². The Labute approximate surface area is 177 Å². The van der Waals surface area contributed by atoms with Gasteiger partial charge < -0.3 is 19.4 Å². The molecule has 0 aliphatic rings. The van der Waals surface area contributed by atoms with Crippen LogP contribution in [0.2, 0.25) is 0 Å². The lowest BCUT2D eigenvalue weighted by molar-refractivity contribution is -0.113. The molecular weight excluding hydrogens is 410 g/mol. The molecule has 1 N–H and O–H groups in total. The van der Waals surface area contributed by atoms with E-state index in [4.69, 9.17) is 9.47 Å². The zero-order valence-electron chi connectivity index (χ0n) is 16.5. The predicted octanol–water partition coefficient (Wildman–Crippen LogP) is 3.77. The zero-order valence-corrected chi connectivity index (χ0v) is 18.2. The molecule has 154 valence electrons. The highest BCUT2D eigenvalue weighted by Gasteiger charge is 2.15. The maximum absolute atomic E-state index is 12.1. The summed E-state index contributed by atoms with van der Waals surface area (Å²) in [6.45, 7) is 7.45. The van der Waals surface area contributed by atoms with Crippen molar-refractivity contribution < 1.29 is 14.3 Å². The van der Waals surface area contributed by atoms with Gasteiger partial charge in [-0.05, 0) is 38.5 Å². The Bertz CT molecular complexity index is 943. The number of anilines is 1. The van der Waals surface area contributed by atoms with Crippen molar-refractivity contribution in [1.29, 1.82) is 0 Å². The van der Waals surface area contributed by atoms with Gasteiger partial charge in [0.15, 0.2) is 27.6 Å². The van der Waals surface area contributed by atoms with E-state index in [-0.39, 0.29) is 18.3 Å². The number of benzene rings is 1. The number of rotatable bonds is 10. The van der Waals surface area contributed by atoms with Crippen molar-refractivity contribution in [2.45, 2.75) is 39.1 Å². The summed E-state index contributed by atoms with van der Waals surface area (Å²) in [5.41, 5.74) is 1.10. The predicted molar refractivity (Wildman–Crippen MR) is 114 cm³/mol. The maximum Gasteiger partial charge on any atom is 0.236 e. The Morgan fingerprint density at radius 2 is 2.10 bits per heavy atom. The summed E-state index contributed by atoms with van der Waals surface area (Å²) in [6.07, 6.45) is 1.65. The number of hydrogen-bond acceptors (Lipinski definition) is 8. The van der Waals surface area contributed by atoms with Gasteiger partial charge in [0.05, 0.1) is 12.4 Å². The molecule has 2 aromatic heterocycles. The van der Waals surface area contributed by atoms with Crippen molar-refractivity contribution in [2.24, 2.45) is 0 Å². The monoisotopic (exact) mass is 433 g/mol. The molecule has 0 aliphatic heterocycles. The molecule has 1 amide bonds. The van der Waals surface area contributed by atoms with E-state index in [0.29, 0.717) is 40.8 Å². The molecule has 0 saturated heterocycles. The zero-order chi connectivity index (χ0) is 20.6. The van der Waals surface area contributed by atoms with Gasteiger partial charge in [0.1, 0.15) is 6.61 Å². The first-order valence-electron chi connectivity index (χ1n) is 9.21. The fourth-order valence-electron chi connectivity index (χ4n) is 2.57. The maximum atomic E-state index is 12.1. The van der Waals surface area contributed by atoms with Crippen molar-refractivity contribution in [3.05, 3.63) is 41.2 Å². The second-order valence-corrected chi connectivity index (χ2v) is 7.83. The van der Waals surface area contributed by atoms with Crippen LogP contribution < -0.4 is 14.8 Å². The highest BCUT2D eigenvalue weighted by atomic mass is 32.2. The third-order valence-electron chi connectivity index (χ3n) is 3.88. The molecule has 10 heteroatoms. The summed E-state index contributed by atoms with van der Waals surface area (Å²) in [5.74, 6) is 2.17. The quantitative estimate of drug-likeness (QED) is 0.487. The molecule has 2 heterocycles. The Hall–Kier alpha value is -2.59. The molecule has 0 bridgehead atoms. The average molecular weight is 434 g/mol. The number of carbonyl (C=O) groups is 1. The summed E-state index contributed by atoms with van der Waals surface area (Å²) in [7, 11) is 0. The third-order valence-corrected chi connectivity index (χ3v) is 5.53. The van der Waals surface area contributed by atoms with E-state index in [2.05, 4.69) is 20.5 Å². The summed E-state index contributed by atoms with van der Waals surface area (Å²) in [5, 5.41) is 14.3. The Kier molecular flexibility index (Phi) is 7.48. The van der Waals surface area contributed by atoms with Gasteiger partial charge in [0, 0.05) is 18.1 Å². The van der Waals surface area contributed by atoms with Crippen LogP contribution in [-0.2, 0) is 17.9 Å². The van der Waals surface area contributed by atoms with Gasteiger partial charge in [0.25, 0.3) is 0 Å². The minimum Gasteiger partial charge on any atom is -0.490 e. The van der Waals surface area contributed by atoms with Crippen LogP contribution in [0.5, 0.6) is 11.5 Å². The molecule has 0 saturated carbocycles. The minimum atomic E-state index is -0.130. The second kappa shape index (κ2) is 10.3. The standard InChI is InChI=1S/C19H23N5O3S2/c1-4-24-16(11-27-14-7-6-13(3)10-15(14)26-5-2)22-23-19(24)29-12-17(25)21-18-20-8-9-28-18/h6-10H,4-5,11-12H2,1-3H3,(H,20,21,25). The van der Waals surface area contributed by atoms with Crippen molar-refractivity contribution in [3.8, 4) is 11.5 Å². The van der Waals surface area contributed by atoms with Crippen LogP contribution in [0.4, 0.5) is 5.13 Å². The summed E-state index contributed by atoms with van der Waals surface area (Å²) in [4.78, 5) is 16.1. The van der Waals surface area contributed by atoms with Gasteiger partial charge >= 0.3 is 0 Å². The fraction of sp³-hybridized carbons (Fsp3) is 0.368. The normalized spacial score (nSPS) is 10.7. The first-order valence-corrected chi connectivity index (χ1v) is 11.1. The van der Waals surface area contributed by atoms with E-state index in [0.717, 1.165) is 5.56 Å². The van der Waals surface area contributed by atoms with Crippen LogP contribution >= 0.6 is 23.1 Å². The van der Waals surface area contributed by atoms with Crippen LogP contribution in [0.15, 0.2) is 34.9 Å². The van der Waals surface area contributed by atoms with Crippen molar-refractivity contribution in [1.82, 2.24) is 19.7 Å². The van der Waals surface area contributed by atoms with Gasteiger partial charge in [-0.3, -0.25) is 4.79 Å². The number of nitrogens with one attached hydrogen (secondary N) is 1. The van der Waals surface area contributed by atoms with E-state index < -0.39 is 0 Å². The number of amides is 1. The summed E-state index contributed by atoms with van der Waals surface area (Å²) >= 11 is 2.71. The molecule has 3 aromatic rings. The van der Waals surface area contributed by atoms with Crippen molar-refractivity contribution in [2.75, 3.05) is 17.7 Å².